The fourth-order valence-corrected chi connectivity index (χ4v) is 1.14. The molecule has 0 saturated carbocycles. The van der Waals surface area contributed by atoms with Crippen molar-refractivity contribution in [3.05, 3.63) is 35.2 Å². The van der Waals surface area contributed by atoms with E-state index in [1.807, 2.05) is 19.9 Å². The molecule has 1 rings (SSSR count). The van der Waals surface area contributed by atoms with Gasteiger partial charge in [-0.3, -0.25) is 4.98 Å². The summed E-state index contributed by atoms with van der Waals surface area (Å²) in [5.74, 6) is -0.916. The van der Waals surface area contributed by atoms with E-state index in [1.165, 1.54) is 0 Å². The Morgan fingerprint density at radius 1 is 1.50 bits per heavy atom. The van der Waals surface area contributed by atoms with Crippen LogP contribution in [-0.4, -0.2) is 16.1 Å². The maximum Gasteiger partial charge on any atom is 0.335 e. The summed E-state index contributed by atoms with van der Waals surface area (Å²) in [7, 11) is 0. The van der Waals surface area contributed by atoms with Crippen LogP contribution in [0.15, 0.2) is 18.2 Å². The number of pyridine rings is 1. The van der Waals surface area contributed by atoms with E-state index in [0.29, 0.717) is 0 Å². The predicted molar refractivity (Wildman–Crippen MR) is 55.3 cm³/mol. The third-order valence-corrected chi connectivity index (χ3v) is 2.04. The van der Waals surface area contributed by atoms with Crippen molar-refractivity contribution in [3.8, 4) is 0 Å². The Morgan fingerprint density at radius 2 is 2.14 bits per heavy atom. The molecule has 3 nitrogen and oxygen atoms in total. The molecule has 1 aromatic rings. The minimum absolute atomic E-state index is 0.286. The van der Waals surface area contributed by atoms with Gasteiger partial charge >= 0.3 is 5.97 Å². The Bertz CT molecular complexity index is 394. The lowest BCUT2D eigenvalue weighted by Gasteiger charge is -2.03. The van der Waals surface area contributed by atoms with Crippen LogP contribution < -0.4 is 0 Å². The standard InChI is InChI=1S/C11H13NO2/c1-4-7(2)10-6-9(11(13)14)5-8(3)12-10/h4-6H,1-3H3,(H,13,14). The molecule has 0 radical (unpaired) electrons. The number of hydrogen-bond donors (Lipinski definition) is 1. The summed E-state index contributed by atoms with van der Waals surface area (Å²) >= 11 is 0. The lowest BCUT2D eigenvalue weighted by atomic mass is 10.1. The summed E-state index contributed by atoms with van der Waals surface area (Å²) in [6.45, 7) is 5.60. The van der Waals surface area contributed by atoms with Gasteiger partial charge in [0.2, 0.25) is 0 Å². The van der Waals surface area contributed by atoms with Gasteiger partial charge in [0.05, 0.1) is 11.3 Å². The van der Waals surface area contributed by atoms with E-state index in [2.05, 4.69) is 4.98 Å². The fourth-order valence-electron chi connectivity index (χ4n) is 1.14. The first-order valence-corrected chi connectivity index (χ1v) is 4.40. The molecule has 0 spiro atoms. The van der Waals surface area contributed by atoms with E-state index < -0.39 is 5.97 Å². The number of carboxylic acid groups (broad SMARTS) is 1. The van der Waals surface area contributed by atoms with Crippen LogP contribution in [0.5, 0.6) is 0 Å². The number of hydrogen-bond acceptors (Lipinski definition) is 2. The van der Waals surface area contributed by atoms with Crippen LogP contribution in [0.2, 0.25) is 0 Å². The Morgan fingerprint density at radius 3 is 2.64 bits per heavy atom. The number of aromatic nitrogens is 1. The highest BCUT2D eigenvalue weighted by atomic mass is 16.4. The van der Waals surface area contributed by atoms with Crippen molar-refractivity contribution in [2.24, 2.45) is 0 Å². The van der Waals surface area contributed by atoms with Gasteiger partial charge in [-0.25, -0.2) is 4.79 Å². The highest BCUT2D eigenvalue weighted by Crippen LogP contribution is 2.14. The third-order valence-electron chi connectivity index (χ3n) is 2.04. The van der Waals surface area contributed by atoms with Gasteiger partial charge < -0.3 is 5.11 Å². The molecule has 14 heavy (non-hydrogen) atoms. The van der Waals surface area contributed by atoms with E-state index in [4.69, 9.17) is 5.11 Å². The molecule has 0 aliphatic heterocycles. The highest BCUT2D eigenvalue weighted by molar-refractivity contribution is 5.88. The topological polar surface area (TPSA) is 50.2 Å². The SMILES string of the molecule is CC=C(C)c1cc(C(=O)O)cc(C)n1. The van der Waals surface area contributed by atoms with E-state index in [9.17, 15) is 4.79 Å². The molecule has 1 aromatic heterocycles. The number of carbonyl (C=O) groups is 1. The maximum atomic E-state index is 10.8. The average molecular weight is 191 g/mol. The minimum Gasteiger partial charge on any atom is -0.478 e. The van der Waals surface area contributed by atoms with E-state index >= 15 is 0 Å². The number of allylic oxidation sites excluding steroid dienone is 2. The molecule has 3 heteroatoms. The molecule has 74 valence electrons. The van der Waals surface area contributed by atoms with Gasteiger partial charge in [-0.2, -0.15) is 0 Å². The first kappa shape index (κ1) is 10.4. The summed E-state index contributed by atoms with van der Waals surface area (Å²) in [6, 6.07) is 3.15. The van der Waals surface area contributed by atoms with E-state index in [0.717, 1.165) is 17.0 Å². The number of rotatable bonds is 2. The van der Waals surface area contributed by atoms with Crippen LogP contribution in [0.25, 0.3) is 5.57 Å². The normalized spacial score (nSPS) is 11.5. The number of carboxylic acids is 1. The second-order valence-electron chi connectivity index (χ2n) is 3.16. The van der Waals surface area contributed by atoms with Gasteiger partial charge in [0.15, 0.2) is 0 Å². The molecule has 0 unspecified atom stereocenters. The summed E-state index contributed by atoms with van der Waals surface area (Å²) < 4.78 is 0. The highest BCUT2D eigenvalue weighted by Gasteiger charge is 2.06. The van der Waals surface area contributed by atoms with Gasteiger partial charge in [0.1, 0.15) is 0 Å². The molecule has 0 fully saturated rings. The summed E-state index contributed by atoms with van der Waals surface area (Å²) in [6.07, 6.45) is 1.91. The third kappa shape index (κ3) is 2.19. The van der Waals surface area contributed by atoms with Crippen molar-refractivity contribution >= 4 is 11.5 Å². The molecule has 1 N–H and O–H groups in total. The van der Waals surface area contributed by atoms with Gasteiger partial charge in [0, 0.05) is 5.69 Å². The summed E-state index contributed by atoms with van der Waals surface area (Å²) in [4.78, 5) is 15.0. The monoisotopic (exact) mass is 191 g/mol. The van der Waals surface area contributed by atoms with Crippen molar-refractivity contribution in [3.63, 3.8) is 0 Å². The minimum atomic E-state index is -0.916. The second-order valence-corrected chi connectivity index (χ2v) is 3.16. The zero-order valence-electron chi connectivity index (χ0n) is 8.53. The first-order chi connectivity index (χ1) is 6.54. The van der Waals surface area contributed by atoms with Crippen LogP contribution in [0, 0.1) is 6.92 Å². The van der Waals surface area contributed by atoms with Gasteiger partial charge in [0.25, 0.3) is 0 Å². The molecular weight excluding hydrogens is 178 g/mol. The summed E-state index contributed by atoms with van der Waals surface area (Å²) in [5, 5.41) is 8.84. The largest absolute Gasteiger partial charge is 0.478 e. The second kappa shape index (κ2) is 4.05. The average Bonchev–Trinajstić information content (AvgIpc) is 2.15. The van der Waals surface area contributed by atoms with Crippen LogP contribution in [0.3, 0.4) is 0 Å². The van der Waals surface area contributed by atoms with Gasteiger partial charge in [-0.1, -0.05) is 6.08 Å². The van der Waals surface area contributed by atoms with Crippen molar-refractivity contribution in [1.29, 1.82) is 0 Å². The smallest absolute Gasteiger partial charge is 0.335 e. The molecule has 1 heterocycles. The molecule has 0 aliphatic carbocycles. The zero-order valence-corrected chi connectivity index (χ0v) is 8.53. The van der Waals surface area contributed by atoms with Crippen molar-refractivity contribution in [2.75, 3.05) is 0 Å². The van der Waals surface area contributed by atoms with Gasteiger partial charge in [-0.15, -0.1) is 0 Å². The Balaban J connectivity index is 3.27. The number of aromatic carboxylic acids is 1. The van der Waals surface area contributed by atoms with E-state index in [1.54, 1.807) is 19.1 Å². The lowest BCUT2D eigenvalue weighted by molar-refractivity contribution is 0.0696. The molecule has 0 amide bonds. The molecule has 0 atom stereocenters. The van der Waals surface area contributed by atoms with Crippen LogP contribution >= 0.6 is 0 Å². The molecule has 0 aliphatic rings. The zero-order chi connectivity index (χ0) is 10.7. The lowest BCUT2D eigenvalue weighted by Crippen LogP contribution is -2.00. The molecule has 0 bridgehead atoms. The van der Waals surface area contributed by atoms with Crippen molar-refractivity contribution in [1.82, 2.24) is 4.98 Å². The quantitative estimate of drug-likeness (QED) is 0.781. The van der Waals surface area contributed by atoms with E-state index in [-0.39, 0.29) is 5.56 Å². The molecular formula is C11H13NO2. The van der Waals surface area contributed by atoms with Crippen molar-refractivity contribution < 1.29 is 9.90 Å². The fraction of sp³-hybridized carbons (Fsp3) is 0.273. The van der Waals surface area contributed by atoms with Crippen LogP contribution in [-0.2, 0) is 0 Å². The number of nitrogens with zero attached hydrogens (tertiary/aromatic N) is 1. The molecule has 0 aromatic carbocycles. The van der Waals surface area contributed by atoms with Crippen molar-refractivity contribution in [2.45, 2.75) is 20.8 Å². The van der Waals surface area contributed by atoms with Crippen LogP contribution in [0.4, 0.5) is 0 Å². The van der Waals surface area contributed by atoms with Crippen LogP contribution in [0.1, 0.15) is 35.6 Å². The predicted octanol–water partition coefficient (Wildman–Crippen LogP) is 2.51. The first-order valence-electron chi connectivity index (χ1n) is 4.40. The molecule has 0 saturated heterocycles. The Kier molecular flexibility index (Phi) is 3.02. The maximum absolute atomic E-state index is 10.8. The summed E-state index contributed by atoms with van der Waals surface area (Å²) in [5.41, 5.74) is 2.72. The number of aryl methyl sites for hydroxylation is 1. The van der Waals surface area contributed by atoms with Gasteiger partial charge in [-0.05, 0) is 38.5 Å². The Hall–Kier alpha value is -1.64. The Labute approximate surface area is 83.1 Å².